The summed E-state index contributed by atoms with van der Waals surface area (Å²) in [6.07, 6.45) is 0. The number of nitrogens with zero attached hydrogens (tertiary/aromatic N) is 1. The monoisotopic (exact) mass is 533 g/mol. The standard InChI is InChI=1S/C24H15Cl4N3O3/c1-12-5-6-14(25)10-18(12)30-22(32)13-3-2-4-16(9-13)29-21-20(28)23(33)31(24(21)34)19-11-15(26)7-8-17(19)27/h2-11,29H,1H3,(H,30,32). The second kappa shape index (κ2) is 9.68. The topological polar surface area (TPSA) is 78.5 Å². The average Bonchev–Trinajstić information content (AvgIpc) is 3.01. The Bertz CT molecular complexity index is 1390. The van der Waals surface area contributed by atoms with Crippen molar-refractivity contribution in [2.75, 3.05) is 15.5 Å². The van der Waals surface area contributed by atoms with Crippen LogP contribution in [0.5, 0.6) is 0 Å². The zero-order valence-electron chi connectivity index (χ0n) is 17.5. The van der Waals surface area contributed by atoms with E-state index in [-0.39, 0.29) is 27.3 Å². The summed E-state index contributed by atoms with van der Waals surface area (Å²) in [7, 11) is 0. The van der Waals surface area contributed by atoms with Gasteiger partial charge in [0, 0.05) is 27.0 Å². The van der Waals surface area contributed by atoms with E-state index in [0.717, 1.165) is 10.5 Å². The number of amides is 3. The van der Waals surface area contributed by atoms with E-state index in [2.05, 4.69) is 10.6 Å². The molecular weight excluding hydrogens is 520 g/mol. The van der Waals surface area contributed by atoms with Crippen LogP contribution in [-0.4, -0.2) is 17.7 Å². The number of rotatable bonds is 5. The van der Waals surface area contributed by atoms with Crippen molar-refractivity contribution in [2.24, 2.45) is 0 Å². The summed E-state index contributed by atoms with van der Waals surface area (Å²) in [5.74, 6) is -1.83. The lowest BCUT2D eigenvalue weighted by Crippen LogP contribution is -2.32. The van der Waals surface area contributed by atoms with E-state index in [1.54, 1.807) is 36.4 Å². The normalized spacial score (nSPS) is 13.5. The van der Waals surface area contributed by atoms with Gasteiger partial charge in [0.15, 0.2) is 0 Å². The molecule has 0 saturated heterocycles. The van der Waals surface area contributed by atoms with Gasteiger partial charge in [-0.15, -0.1) is 0 Å². The lowest BCUT2D eigenvalue weighted by atomic mass is 10.1. The highest BCUT2D eigenvalue weighted by atomic mass is 35.5. The second-order valence-electron chi connectivity index (χ2n) is 7.35. The minimum atomic E-state index is -0.747. The SMILES string of the molecule is Cc1ccc(Cl)cc1NC(=O)c1cccc(NC2=C(Cl)C(=O)N(c3cc(Cl)ccc3Cl)C2=O)c1. The van der Waals surface area contributed by atoms with Crippen molar-refractivity contribution < 1.29 is 14.4 Å². The summed E-state index contributed by atoms with van der Waals surface area (Å²) >= 11 is 24.4. The van der Waals surface area contributed by atoms with Crippen molar-refractivity contribution in [3.63, 3.8) is 0 Å². The molecule has 6 nitrogen and oxygen atoms in total. The van der Waals surface area contributed by atoms with E-state index < -0.39 is 11.8 Å². The number of benzene rings is 3. The van der Waals surface area contributed by atoms with Crippen LogP contribution in [-0.2, 0) is 9.59 Å². The fourth-order valence-corrected chi connectivity index (χ4v) is 4.05. The summed E-state index contributed by atoms with van der Waals surface area (Å²) in [5.41, 5.74) is 2.08. The average molecular weight is 535 g/mol. The van der Waals surface area contributed by atoms with E-state index in [1.807, 2.05) is 6.92 Å². The maximum absolute atomic E-state index is 13.0. The van der Waals surface area contributed by atoms with Crippen molar-refractivity contribution in [1.82, 2.24) is 0 Å². The molecule has 0 aliphatic carbocycles. The maximum Gasteiger partial charge on any atom is 0.283 e. The van der Waals surface area contributed by atoms with E-state index in [9.17, 15) is 14.4 Å². The van der Waals surface area contributed by atoms with Crippen LogP contribution in [0.25, 0.3) is 0 Å². The molecule has 1 aliphatic heterocycles. The molecule has 3 amide bonds. The first-order chi connectivity index (χ1) is 16.2. The van der Waals surface area contributed by atoms with Gasteiger partial charge >= 0.3 is 0 Å². The van der Waals surface area contributed by atoms with Crippen molar-refractivity contribution in [3.8, 4) is 0 Å². The first-order valence-electron chi connectivity index (χ1n) is 9.84. The highest BCUT2D eigenvalue weighted by Gasteiger charge is 2.40. The third-order valence-electron chi connectivity index (χ3n) is 5.02. The van der Waals surface area contributed by atoms with Crippen molar-refractivity contribution in [3.05, 3.63) is 97.6 Å². The van der Waals surface area contributed by atoms with Gasteiger partial charge in [-0.2, -0.15) is 0 Å². The molecule has 0 fully saturated rings. The lowest BCUT2D eigenvalue weighted by molar-refractivity contribution is -0.120. The molecule has 0 spiro atoms. The van der Waals surface area contributed by atoms with Gasteiger partial charge in [-0.1, -0.05) is 58.5 Å². The second-order valence-corrected chi connectivity index (χ2v) is 9.01. The number of hydrogen-bond donors (Lipinski definition) is 2. The molecule has 4 rings (SSSR count). The fraction of sp³-hybridized carbons (Fsp3) is 0.0417. The van der Waals surface area contributed by atoms with Crippen LogP contribution in [0.3, 0.4) is 0 Å². The Labute approximate surface area is 215 Å². The summed E-state index contributed by atoms with van der Waals surface area (Å²) in [4.78, 5) is 39.4. The van der Waals surface area contributed by atoms with Gasteiger partial charge in [-0.05, 0) is 61.0 Å². The Hall–Kier alpha value is -3.03. The van der Waals surface area contributed by atoms with Crippen LogP contribution in [0.4, 0.5) is 17.1 Å². The summed E-state index contributed by atoms with van der Waals surface area (Å²) in [6, 6.07) is 16.0. The number of anilines is 3. The van der Waals surface area contributed by atoms with Crippen molar-refractivity contribution >= 4 is 81.2 Å². The molecule has 1 heterocycles. The zero-order chi connectivity index (χ0) is 24.6. The minimum absolute atomic E-state index is 0.115. The highest BCUT2D eigenvalue weighted by molar-refractivity contribution is 6.54. The molecule has 0 saturated carbocycles. The Morgan fingerprint density at radius 3 is 2.32 bits per heavy atom. The molecule has 3 aromatic rings. The third-order valence-corrected chi connectivity index (χ3v) is 6.16. The molecule has 0 atom stereocenters. The quantitative estimate of drug-likeness (QED) is 0.359. The van der Waals surface area contributed by atoms with Gasteiger partial charge in [-0.25, -0.2) is 4.90 Å². The molecule has 0 aromatic heterocycles. The smallest absolute Gasteiger partial charge is 0.283 e. The van der Waals surface area contributed by atoms with Gasteiger partial charge in [0.05, 0.1) is 10.7 Å². The summed E-state index contributed by atoms with van der Waals surface area (Å²) < 4.78 is 0. The Morgan fingerprint density at radius 2 is 1.56 bits per heavy atom. The Kier molecular flexibility index (Phi) is 6.86. The van der Waals surface area contributed by atoms with Gasteiger partial charge in [0.1, 0.15) is 10.7 Å². The minimum Gasteiger partial charge on any atom is -0.350 e. The number of aryl methyl sites for hydroxylation is 1. The molecule has 172 valence electrons. The van der Waals surface area contributed by atoms with Crippen LogP contribution >= 0.6 is 46.4 Å². The molecule has 1 aliphatic rings. The number of carbonyl (C=O) groups is 3. The van der Waals surface area contributed by atoms with Gasteiger partial charge in [-0.3, -0.25) is 14.4 Å². The molecule has 10 heteroatoms. The van der Waals surface area contributed by atoms with E-state index in [4.69, 9.17) is 46.4 Å². The zero-order valence-corrected chi connectivity index (χ0v) is 20.5. The van der Waals surface area contributed by atoms with Crippen LogP contribution in [0, 0.1) is 6.92 Å². The number of hydrogen-bond acceptors (Lipinski definition) is 4. The molecule has 34 heavy (non-hydrogen) atoms. The predicted molar refractivity (Wildman–Crippen MR) is 136 cm³/mol. The molecule has 0 bridgehead atoms. The Balaban J connectivity index is 1.57. The fourth-order valence-electron chi connectivity index (χ4n) is 3.29. The van der Waals surface area contributed by atoms with Crippen molar-refractivity contribution in [2.45, 2.75) is 6.92 Å². The number of carbonyl (C=O) groups excluding carboxylic acids is 3. The van der Waals surface area contributed by atoms with Gasteiger partial charge in [0.25, 0.3) is 17.7 Å². The third kappa shape index (κ3) is 4.76. The molecule has 0 unspecified atom stereocenters. The summed E-state index contributed by atoms with van der Waals surface area (Å²) in [5, 5.41) is 6.28. The summed E-state index contributed by atoms with van der Waals surface area (Å²) in [6.45, 7) is 1.85. The number of nitrogens with one attached hydrogen (secondary N) is 2. The largest absolute Gasteiger partial charge is 0.350 e. The molecule has 3 aromatic carbocycles. The van der Waals surface area contributed by atoms with Gasteiger partial charge < -0.3 is 10.6 Å². The first-order valence-corrected chi connectivity index (χ1v) is 11.3. The van der Waals surface area contributed by atoms with Crippen LogP contribution < -0.4 is 15.5 Å². The van der Waals surface area contributed by atoms with Crippen molar-refractivity contribution in [1.29, 1.82) is 0 Å². The maximum atomic E-state index is 13.0. The van der Waals surface area contributed by atoms with Gasteiger partial charge in [0.2, 0.25) is 0 Å². The number of imide groups is 1. The van der Waals surface area contributed by atoms with E-state index >= 15 is 0 Å². The van der Waals surface area contributed by atoms with E-state index in [0.29, 0.717) is 27.0 Å². The number of halogens is 4. The predicted octanol–water partition coefficient (Wildman–Crippen LogP) is 6.64. The van der Waals surface area contributed by atoms with Crippen LogP contribution in [0.15, 0.2) is 71.4 Å². The Morgan fingerprint density at radius 1 is 0.853 bits per heavy atom. The van der Waals surface area contributed by atoms with E-state index in [1.165, 1.54) is 24.3 Å². The van der Waals surface area contributed by atoms with Crippen LogP contribution in [0.1, 0.15) is 15.9 Å². The lowest BCUT2D eigenvalue weighted by Gasteiger charge is -2.17. The first kappa shape index (κ1) is 24.1. The highest BCUT2D eigenvalue weighted by Crippen LogP contribution is 2.36. The molecule has 2 N–H and O–H groups in total. The molecule has 0 radical (unpaired) electrons. The van der Waals surface area contributed by atoms with Crippen LogP contribution in [0.2, 0.25) is 15.1 Å². The molecular formula is C24H15Cl4N3O3.